The Kier molecular flexibility index (Phi) is 6.66. The van der Waals surface area contributed by atoms with Crippen LogP contribution in [0.1, 0.15) is 43.3 Å². The topological polar surface area (TPSA) is 119 Å². The van der Waals surface area contributed by atoms with Crippen molar-refractivity contribution < 1.29 is 23.2 Å². The summed E-state index contributed by atoms with van der Waals surface area (Å²) in [6.07, 6.45) is 0. The van der Waals surface area contributed by atoms with Crippen molar-refractivity contribution >= 4 is 28.8 Å². The van der Waals surface area contributed by atoms with Gasteiger partial charge in [-0.2, -0.15) is 0 Å². The minimum Gasteiger partial charge on any atom is -0.453 e. The van der Waals surface area contributed by atoms with Crippen LogP contribution in [0.3, 0.4) is 0 Å². The Morgan fingerprint density at radius 2 is 1.82 bits per heavy atom. The van der Waals surface area contributed by atoms with Gasteiger partial charge < -0.3 is 24.2 Å². The standard InChI is InChI=1S/C23H22N4O5S/c1-13-18(10-24-21(28)19-12-33-14(2)25-19)27-23(31-13)15-4-6-16(7-5-15)26-22(29)20-9-8-17(32-20)11-30-3/h4-9,12H,10-11H2,1-3H3,(H,24,28)(H,26,29). The van der Waals surface area contributed by atoms with Crippen molar-refractivity contribution in [2.45, 2.75) is 27.0 Å². The minimum atomic E-state index is -0.356. The molecule has 3 heterocycles. The van der Waals surface area contributed by atoms with Crippen LogP contribution >= 0.6 is 11.3 Å². The van der Waals surface area contributed by atoms with Gasteiger partial charge in [-0.25, -0.2) is 9.97 Å². The SMILES string of the molecule is COCc1ccc(C(=O)Nc2ccc(-c3nc(CNC(=O)c4csc(C)n4)c(C)o3)cc2)o1. The molecule has 0 fully saturated rings. The predicted octanol–water partition coefficient (Wildman–Crippen LogP) is 4.34. The molecule has 4 rings (SSSR count). The highest BCUT2D eigenvalue weighted by Crippen LogP contribution is 2.24. The van der Waals surface area contributed by atoms with Gasteiger partial charge in [0.05, 0.1) is 11.6 Å². The van der Waals surface area contributed by atoms with Crippen molar-refractivity contribution in [3.8, 4) is 11.5 Å². The number of aryl methyl sites for hydroxylation is 2. The fraction of sp³-hybridized carbons (Fsp3) is 0.217. The van der Waals surface area contributed by atoms with Crippen molar-refractivity contribution in [2.75, 3.05) is 12.4 Å². The number of carbonyl (C=O) groups is 2. The molecule has 0 saturated heterocycles. The monoisotopic (exact) mass is 466 g/mol. The molecule has 0 radical (unpaired) electrons. The maximum atomic E-state index is 12.4. The van der Waals surface area contributed by atoms with E-state index in [0.717, 1.165) is 10.6 Å². The highest BCUT2D eigenvalue weighted by Gasteiger charge is 2.15. The largest absolute Gasteiger partial charge is 0.453 e. The van der Waals surface area contributed by atoms with Crippen LogP contribution in [0.2, 0.25) is 0 Å². The molecule has 10 heteroatoms. The normalized spacial score (nSPS) is 10.9. The summed E-state index contributed by atoms with van der Waals surface area (Å²) in [6.45, 7) is 4.17. The summed E-state index contributed by atoms with van der Waals surface area (Å²) >= 11 is 1.42. The van der Waals surface area contributed by atoms with Gasteiger partial charge in [0, 0.05) is 23.7 Å². The molecule has 33 heavy (non-hydrogen) atoms. The molecular weight excluding hydrogens is 444 g/mol. The van der Waals surface area contributed by atoms with Crippen LogP contribution in [0.4, 0.5) is 5.69 Å². The summed E-state index contributed by atoms with van der Waals surface area (Å²) in [5, 5.41) is 8.14. The van der Waals surface area contributed by atoms with Crippen LogP contribution in [0.5, 0.6) is 0 Å². The Balaban J connectivity index is 1.38. The molecule has 0 spiro atoms. The number of hydrogen-bond acceptors (Lipinski definition) is 8. The number of hydrogen-bond donors (Lipinski definition) is 2. The van der Waals surface area contributed by atoms with Gasteiger partial charge in [-0.05, 0) is 50.2 Å². The molecular formula is C23H22N4O5S. The van der Waals surface area contributed by atoms with Crippen molar-refractivity contribution in [1.82, 2.24) is 15.3 Å². The Hall–Kier alpha value is -3.76. The van der Waals surface area contributed by atoms with Crippen LogP contribution < -0.4 is 10.6 Å². The maximum absolute atomic E-state index is 12.4. The van der Waals surface area contributed by atoms with Gasteiger partial charge in [-0.3, -0.25) is 9.59 Å². The van der Waals surface area contributed by atoms with E-state index in [1.807, 2.05) is 6.92 Å². The zero-order valence-electron chi connectivity index (χ0n) is 18.3. The molecule has 0 aliphatic heterocycles. The molecule has 0 bridgehead atoms. The lowest BCUT2D eigenvalue weighted by Crippen LogP contribution is -2.23. The molecule has 1 aromatic carbocycles. The van der Waals surface area contributed by atoms with Gasteiger partial charge in [0.25, 0.3) is 11.8 Å². The third-order valence-corrected chi connectivity index (χ3v) is 5.50. The summed E-state index contributed by atoms with van der Waals surface area (Å²) in [5.41, 5.74) is 2.36. The molecule has 2 amide bonds. The van der Waals surface area contributed by atoms with Gasteiger partial charge in [-0.15, -0.1) is 11.3 Å². The Bertz CT molecular complexity index is 1270. The summed E-state index contributed by atoms with van der Waals surface area (Å²) in [6, 6.07) is 10.4. The molecule has 0 aliphatic carbocycles. The van der Waals surface area contributed by atoms with E-state index in [4.69, 9.17) is 13.6 Å². The van der Waals surface area contributed by atoms with Gasteiger partial charge in [0.2, 0.25) is 5.89 Å². The molecule has 9 nitrogen and oxygen atoms in total. The average molecular weight is 467 g/mol. The number of rotatable bonds is 8. The first-order valence-electron chi connectivity index (χ1n) is 10.1. The molecule has 2 N–H and O–H groups in total. The highest BCUT2D eigenvalue weighted by molar-refractivity contribution is 7.09. The fourth-order valence-electron chi connectivity index (χ4n) is 3.05. The molecule has 4 aromatic rings. The second-order valence-corrected chi connectivity index (χ2v) is 8.25. The zero-order chi connectivity index (χ0) is 23.4. The lowest BCUT2D eigenvalue weighted by atomic mass is 10.2. The van der Waals surface area contributed by atoms with Crippen molar-refractivity contribution in [3.05, 3.63) is 75.5 Å². The van der Waals surface area contributed by atoms with Crippen LogP contribution in [0, 0.1) is 13.8 Å². The summed E-state index contributed by atoms with van der Waals surface area (Å²) in [5.74, 6) is 1.20. The van der Waals surface area contributed by atoms with Gasteiger partial charge >= 0.3 is 0 Å². The number of ether oxygens (including phenoxy) is 1. The third-order valence-electron chi connectivity index (χ3n) is 4.72. The van der Waals surface area contributed by atoms with Crippen LogP contribution in [0.25, 0.3) is 11.5 Å². The Morgan fingerprint density at radius 1 is 1.03 bits per heavy atom. The van der Waals surface area contributed by atoms with E-state index in [9.17, 15) is 9.59 Å². The first kappa shape index (κ1) is 22.4. The first-order valence-corrected chi connectivity index (χ1v) is 11.0. The second kappa shape index (κ2) is 9.80. The summed E-state index contributed by atoms with van der Waals surface area (Å²) in [4.78, 5) is 33.2. The van der Waals surface area contributed by atoms with Crippen molar-refractivity contribution in [1.29, 1.82) is 0 Å². The molecule has 0 atom stereocenters. The van der Waals surface area contributed by atoms with Crippen LogP contribution in [-0.2, 0) is 17.9 Å². The predicted molar refractivity (Wildman–Crippen MR) is 122 cm³/mol. The van der Waals surface area contributed by atoms with Crippen molar-refractivity contribution in [2.24, 2.45) is 0 Å². The van der Waals surface area contributed by atoms with E-state index < -0.39 is 0 Å². The Labute approximate surface area is 193 Å². The fourth-order valence-corrected chi connectivity index (χ4v) is 3.64. The third kappa shape index (κ3) is 5.36. The van der Waals surface area contributed by atoms with E-state index in [0.29, 0.717) is 41.1 Å². The Morgan fingerprint density at radius 3 is 2.52 bits per heavy atom. The number of methoxy groups -OCH3 is 1. The van der Waals surface area contributed by atoms with Gasteiger partial charge in [-0.1, -0.05) is 0 Å². The van der Waals surface area contributed by atoms with Gasteiger partial charge in [0.15, 0.2) is 5.76 Å². The summed E-state index contributed by atoms with van der Waals surface area (Å²) in [7, 11) is 1.56. The lowest BCUT2D eigenvalue weighted by Gasteiger charge is -2.04. The van der Waals surface area contributed by atoms with E-state index >= 15 is 0 Å². The highest BCUT2D eigenvalue weighted by atomic mass is 32.1. The number of furan rings is 1. The number of nitrogens with one attached hydrogen (secondary N) is 2. The zero-order valence-corrected chi connectivity index (χ0v) is 19.1. The second-order valence-electron chi connectivity index (χ2n) is 7.19. The number of thiazole rings is 1. The number of anilines is 1. The lowest BCUT2D eigenvalue weighted by molar-refractivity contribution is 0.0944. The van der Waals surface area contributed by atoms with E-state index in [1.165, 1.54) is 11.3 Å². The smallest absolute Gasteiger partial charge is 0.291 e. The maximum Gasteiger partial charge on any atom is 0.291 e. The molecule has 3 aromatic heterocycles. The molecule has 0 saturated carbocycles. The number of aromatic nitrogens is 2. The number of nitrogens with zero attached hydrogens (tertiary/aromatic N) is 2. The van der Waals surface area contributed by atoms with E-state index in [-0.39, 0.29) is 24.1 Å². The van der Waals surface area contributed by atoms with E-state index in [1.54, 1.807) is 55.8 Å². The minimum absolute atomic E-state index is 0.203. The summed E-state index contributed by atoms with van der Waals surface area (Å²) < 4.78 is 16.2. The molecule has 0 aliphatic rings. The molecule has 0 unspecified atom stereocenters. The average Bonchev–Trinajstić information content (AvgIpc) is 3.53. The number of benzene rings is 1. The number of amides is 2. The number of oxazole rings is 1. The van der Waals surface area contributed by atoms with E-state index in [2.05, 4.69) is 20.6 Å². The van der Waals surface area contributed by atoms with Crippen molar-refractivity contribution in [3.63, 3.8) is 0 Å². The quantitative estimate of drug-likeness (QED) is 0.396. The number of carbonyl (C=O) groups excluding carboxylic acids is 2. The van der Waals surface area contributed by atoms with Gasteiger partial charge in [0.1, 0.15) is 29.5 Å². The molecule has 170 valence electrons. The van der Waals surface area contributed by atoms with Crippen LogP contribution in [0.15, 0.2) is 50.6 Å². The van der Waals surface area contributed by atoms with Crippen LogP contribution in [-0.4, -0.2) is 28.9 Å². The first-order chi connectivity index (χ1) is 15.9.